The maximum Gasteiger partial charge on any atom is 0.380 e. The maximum atomic E-state index is 12.0. The van der Waals surface area contributed by atoms with Crippen molar-refractivity contribution >= 4 is 16.2 Å². The van der Waals surface area contributed by atoms with E-state index in [0.29, 0.717) is 28.9 Å². The highest BCUT2D eigenvalue weighted by Gasteiger charge is 2.52. The third-order valence-electron chi connectivity index (χ3n) is 8.15. The molecule has 2 fully saturated rings. The molecule has 0 unspecified atom stereocenters. The van der Waals surface area contributed by atoms with Crippen LogP contribution in [0.4, 0.5) is 0 Å². The van der Waals surface area contributed by atoms with Gasteiger partial charge in [0.2, 0.25) is 5.91 Å². The first-order chi connectivity index (χ1) is 14.7. The molecule has 0 saturated heterocycles. The second kappa shape index (κ2) is 8.28. The van der Waals surface area contributed by atoms with Crippen LogP contribution in [0.3, 0.4) is 0 Å². The number of benzene rings is 1. The van der Waals surface area contributed by atoms with Gasteiger partial charge < -0.3 is 14.2 Å². The summed E-state index contributed by atoms with van der Waals surface area (Å²) in [6.07, 6.45) is 9.55. The van der Waals surface area contributed by atoms with Crippen molar-refractivity contribution in [1.29, 1.82) is 0 Å². The predicted octanol–water partition coefficient (Wildman–Crippen LogP) is 3.94. The number of nitrogens with one attached hydrogen (secondary N) is 1. The van der Waals surface area contributed by atoms with Gasteiger partial charge in [-0.25, -0.2) is 0 Å². The molecule has 8 heteroatoms. The van der Waals surface area contributed by atoms with E-state index in [9.17, 15) is 13.2 Å². The Bertz CT molecular complexity index is 963. The molecular weight excluding hydrogens is 416 g/mol. The van der Waals surface area contributed by atoms with Crippen molar-refractivity contribution in [2.75, 3.05) is 7.11 Å². The van der Waals surface area contributed by atoms with Gasteiger partial charge in [-0.05, 0) is 78.5 Å². The number of rotatable bonds is 5. The number of carbonyl (C=O) groups is 1. The lowest BCUT2D eigenvalue weighted by Gasteiger charge is -2.56. The Hall–Kier alpha value is -1.80. The van der Waals surface area contributed by atoms with E-state index >= 15 is 0 Å². The fourth-order valence-electron chi connectivity index (χ4n) is 6.92. The number of nitrogens with two attached hydrogens (primary N) is 1. The highest BCUT2D eigenvalue weighted by molar-refractivity contribution is 7.84. The van der Waals surface area contributed by atoms with E-state index in [0.717, 1.165) is 24.0 Å². The van der Waals surface area contributed by atoms with Crippen molar-refractivity contribution in [2.45, 2.75) is 77.2 Å². The highest BCUT2D eigenvalue weighted by Crippen LogP contribution is 2.62. The van der Waals surface area contributed by atoms with Crippen molar-refractivity contribution in [3.05, 3.63) is 23.3 Å². The average molecular weight is 451 g/mol. The molecule has 3 aliphatic carbocycles. The molecule has 172 valence electrons. The number of hydrogen-bond acceptors (Lipinski definition) is 5. The third-order valence-corrected chi connectivity index (χ3v) is 8.56. The number of fused-ring (bicyclic) bond motifs is 5. The Balaban J connectivity index is 1.80. The first-order valence-electron chi connectivity index (χ1n) is 11.4. The molecule has 3 aliphatic rings. The topological polar surface area (TPSA) is 108 Å². The van der Waals surface area contributed by atoms with Crippen LogP contribution in [0.15, 0.2) is 12.1 Å². The fraction of sp³-hybridized carbons (Fsp3) is 0.696. The van der Waals surface area contributed by atoms with Crippen molar-refractivity contribution in [1.82, 2.24) is 5.32 Å². The normalized spacial score (nSPS) is 32.3. The van der Waals surface area contributed by atoms with Gasteiger partial charge >= 0.3 is 10.3 Å². The molecular formula is C23H34N2O5S. The van der Waals surface area contributed by atoms with Crippen LogP contribution in [0, 0.1) is 17.3 Å². The minimum absolute atomic E-state index is 0.0638. The molecule has 4 rings (SSSR count). The minimum atomic E-state index is -4.19. The Morgan fingerprint density at radius 1 is 1.19 bits per heavy atom. The van der Waals surface area contributed by atoms with Crippen molar-refractivity contribution < 1.29 is 22.1 Å². The third kappa shape index (κ3) is 4.16. The maximum absolute atomic E-state index is 12.0. The van der Waals surface area contributed by atoms with Crippen molar-refractivity contribution in [3.63, 3.8) is 0 Å². The van der Waals surface area contributed by atoms with Gasteiger partial charge in [-0.2, -0.15) is 13.6 Å². The molecule has 2 saturated carbocycles. The van der Waals surface area contributed by atoms with Crippen LogP contribution < -0.4 is 19.4 Å². The van der Waals surface area contributed by atoms with Crippen LogP contribution in [-0.4, -0.2) is 21.4 Å². The molecule has 0 spiro atoms. The molecule has 0 bridgehead atoms. The van der Waals surface area contributed by atoms with Gasteiger partial charge in [0.1, 0.15) is 0 Å². The molecule has 1 aromatic rings. The zero-order valence-electron chi connectivity index (χ0n) is 18.6. The summed E-state index contributed by atoms with van der Waals surface area (Å²) < 4.78 is 33.6. The zero-order valence-corrected chi connectivity index (χ0v) is 19.5. The Kier molecular flexibility index (Phi) is 5.98. The molecule has 7 nitrogen and oxygen atoms in total. The van der Waals surface area contributed by atoms with E-state index < -0.39 is 10.3 Å². The number of carbonyl (C=O) groups excluding carboxylic acids is 1. The van der Waals surface area contributed by atoms with Crippen LogP contribution >= 0.6 is 0 Å². The minimum Gasteiger partial charge on any atom is -0.493 e. The summed E-state index contributed by atoms with van der Waals surface area (Å²) >= 11 is 0. The summed E-state index contributed by atoms with van der Waals surface area (Å²) in [6, 6.07) is 3.42. The lowest BCUT2D eigenvalue weighted by Crippen LogP contribution is -2.47. The number of hydrogen-bond donors (Lipinski definition) is 2. The van der Waals surface area contributed by atoms with Crippen LogP contribution in [0.5, 0.6) is 11.5 Å². The van der Waals surface area contributed by atoms with E-state index in [1.54, 1.807) is 6.07 Å². The van der Waals surface area contributed by atoms with E-state index in [2.05, 4.69) is 12.2 Å². The fourth-order valence-corrected chi connectivity index (χ4v) is 7.31. The zero-order chi connectivity index (χ0) is 22.4. The molecule has 0 heterocycles. The van der Waals surface area contributed by atoms with Crippen LogP contribution in [0.2, 0.25) is 0 Å². The van der Waals surface area contributed by atoms with Gasteiger partial charge in [0, 0.05) is 6.92 Å². The molecule has 1 amide bonds. The van der Waals surface area contributed by atoms with E-state index in [1.807, 2.05) is 6.07 Å². The number of amides is 1. The molecule has 1 aromatic carbocycles. The van der Waals surface area contributed by atoms with Gasteiger partial charge in [-0.3, -0.25) is 4.79 Å². The second-order valence-corrected chi connectivity index (χ2v) is 10.7. The van der Waals surface area contributed by atoms with Gasteiger partial charge in [0.15, 0.2) is 11.5 Å². The van der Waals surface area contributed by atoms with Gasteiger partial charge in [0.25, 0.3) is 0 Å². The highest BCUT2D eigenvalue weighted by atomic mass is 32.2. The standard InChI is InChI=1S/C23H34N2O5S/c1-4-23-9-6-5-7-19(23)17-11-20(25-14(2)26)18-13-22(30-31(24,27)28)21(29-3)12-16(18)15(17)8-10-23/h12-13,15,17,19-20H,4-11H2,1-3H3,(H,25,26)(H2,24,27,28)/t15-,17-,19+,20+,23+/m1/s1. The predicted molar refractivity (Wildman–Crippen MR) is 118 cm³/mol. The van der Waals surface area contributed by atoms with Crippen molar-refractivity contribution in [2.24, 2.45) is 22.4 Å². The lowest BCUT2D eigenvalue weighted by molar-refractivity contribution is -0.120. The second-order valence-electron chi connectivity index (χ2n) is 9.57. The van der Waals surface area contributed by atoms with E-state index in [-0.39, 0.29) is 17.7 Å². The van der Waals surface area contributed by atoms with Gasteiger partial charge in [0.05, 0.1) is 13.2 Å². The molecule has 0 aliphatic heterocycles. The molecule has 0 aromatic heterocycles. The van der Waals surface area contributed by atoms with Gasteiger partial charge in [-0.1, -0.05) is 26.2 Å². The average Bonchev–Trinajstić information content (AvgIpc) is 2.71. The summed E-state index contributed by atoms with van der Waals surface area (Å²) in [6.45, 7) is 3.86. The summed E-state index contributed by atoms with van der Waals surface area (Å²) in [4.78, 5) is 12.0. The SMILES string of the molecule is CC[C@@]12CCCC[C@H]1[C@@H]1C[C@H](NC(C)=O)c3cc(OS(N)(=O)=O)c(OC)cc3[C@H]1CC2. The Morgan fingerprint density at radius 2 is 1.94 bits per heavy atom. The molecule has 31 heavy (non-hydrogen) atoms. The quantitative estimate of drug-likeness (QED) is 0.706. The van der Waals surface area contributed by atoms with Crippen molar-refractivity contribution in [3.8, 4) is 11.5 Å². The number of ether oxygens (including phenoxy) is 1. The summed E-state index contributed by atoms with van der Waals surface area (Å²) in [5.41, 5.74) is 2.47. The summed E-state index contributed by atoms with van der Waals surface area (Å²) in [5.74, 6) is 1.84. The largest absolute Gasteiger partial charge is 0.493 e. The lowest BCUT2D eigenvalue weighted by atomic mass is 9.49. The van der Waals surface area contributed by atoms with Crippen LogP contribution in [0.1, 0.15) is 88.3 Å². The molecule has 3 N–H and O–H groups in total. The van der Waals surface area contributed by atoms with Gasteiger partial charge in [-0.15, -0.1) is 0 Å². The Morgan fingerprint density at radius 3 is 2.58 bits per heavy atom. The molecule has 0 radical (unpaired) electrons. The number of methoxy groups -OCH3 is 1. The first-order valence-corrected chi connectivity index (χ1v) is 12.9. The summed E-state index contributed by atoms with van der Waals surface area (Å²) in [5, 5.41) is 8.23. The van der Waals surface area contributed by atoms with E-state index in [1.165, 1.54) is 52.6 Å². The monoisotopic (exact) mass is 450 g/mol. The van der Waals surface area contributed by atoms with Crippen LogP contribution in [-0.2, 0) is 15.1 Å². The summed E-state index contributed by atoms with van der Waals surface area (Å²) in [7, 11) is -2.70. The molecule has 5 atom stereocenters. The smallest absolute Gasteiger partial charge is 0.380 e. The van der Waals surface area contributed by atoms with Crippen LogP contribution in [0.25, 0.3) is 0 Å². The first kappa shape index (κ1) is 22.4. The van der Waals surface area contributed by atoms with E-state index in [4.69, 9.17) is 14.1 Å². The Labute approximate surface area is 185 Å².